The zero-order valence-electron chi connectivity index (χ0n) is 21.3. The number of carbonyl (C=O) groups is 4. The molecule has 196 valence electrons. The maximum absolute atomic E-state index is 13.2. The maximum Gasteiger partial charge on any atom is 0.328 e. The fourth-order valence-corrected chi connectivity index (χ4v) is 4.51. The standard InChI is InChI=1S/C26H36N4O6/c1-15(2)13-20(30-25(33)21-14-17-18(28-21)8-5-9-22(17)35-3)24(32)29-19(26(34)36-4)11-10-16-7-6-12-27-23(16)31/h5,8-9,14-16,19-20,28H,6-7,10-13H2,1-4H3,(H,27,31)(H,29,32)(H,30,33)/t16-,19-,20-/m0/s1. The fourth-order valence-electron chi connectivity index (χ4n) is 4.51. The van der Waals surface area contributed by atoms with Crippen LogP contribution < -0.4 is 20.7 Å². The van der Waals surface area contributed by atoms with Crippen molar-refractivity contribution < 1.29 is 28.7 Å². The smallest absolute Gasteiger partial charge is 0.328 e. The van der Waals surface area contributed by atoms with Crippen molar-refractivity contribution >= 4 is 34.6 Å². The number of piperidine rings is 1. The highest BCUT2D eigenvalue weighted by atomic mass is 16.5. The minimum Gasteiger partial charge on any atom is -0.496 e. The number of carbonyl (C=O) groups excluding carboxylic acids is 4. The van der Waals surface area contributed by atoms with Crippen molar-refractivity contribution in [2.24, 2.45) is 11.8 Å². The van der Waals surface area contributed by atoms with Crippen LogP contribution in [0.4, 0.5) is 0 Å². The Morgan fingerprint density at radius 2 is 1.92 bits per heavy atom. The average Bonchev–Trinajstić information content (AvgIpc) is 3.31. The molecule has 2 heterocycles. The Labute approximate surface area is 210 Å². The van der Waals surface area contributed by atoms with Gasteiger partial charge in [-0.05, 0) is 56.2 Å². The van der Waals surface area contributed by atoms with Crippen molar-refractivity contribution in [3.8, 4) is 5.75 Å². The molecule has 1 fully saturated rings. The normalized spacial score (nSPS) is 17.2. The number of methoxy groups -OCH3 is 2. The van der Waals surface area contributed by atoms with E-state index in [-0.39, 0.29) is 24.2 Å². The summed E-state index contributed by atoms with van der Waals surface area (Å²) in [5.41, 5.74) is 1.03. The van der Waals surface area contributed by atoms with Crippen LogP contribution in [0.2, 0.25) is 0 Å². The molecule has 1 aliphatic rings. The Morgan fingerprint density at radius 1 is 1.14 bits per heavy atom. The Bertz CT molecular complexity index is 1100. The molecule has 1 saturated heterocycles. The largest absolute Gasteiger partial charge is 0.496 e. The molecule has 0 aliphatic carbocycles. The fraction of sp³-hybridized carbons (Fsp3) is 0.538. The molecule has 3 atom stereocenters. The van der Waals surface area contributed by atoms with Gasteiger partial charge in [0.1, 0.15) is 23.5 Å². The van der Waals surface area contributed by atoms with Gasteiger partial charge in [0.05, 0.1) is 14.2 Å². The van der Waals surface area contributed by atoms with Gasteiger partial charge in [0.2, 0.25) is 11.8 Å². The molecular weight excluding hydrogens is 464 g/mol. The van der Waals surface area contributed by atoms with E-state index in [1.54, 1.807) is 19.2 Å². The molecule has 0 saturated carbocycles. The van der Waals surface area contributed by atoms with Gasteiger partial charge in [-0.25, -0.2) is 4.79 Å². The maximum atomic E-state index is 13.2. The average molecular weight is 501 g/mol. The lowest BCUT2D eigenvalue weighted by molar-refractivity contribution is -0.145. The van der Waals surface area contributed by atoms with Crippen molar-refractivity contribution in [1.82, 2.24) is 20.9 Å². The van der Waals surface area contributed by atoms with Gasteiger partial charge < -0.3 is 30.4 Å². The van der Waals surface area contributed by atoms with Crippen LogP contribution in [-0.2, 0) is 19.1 Å². The second kappa shape index (κ2) is 12.4. The number of benzene rings is 1. The second-order valence-corrected chi connectivity index (χ2v) is 9.55. The van der Waals surface area contributed by atoms with E-state index in [4.69, 9.17) is 9.47 Å². The summed E-state index contributed by atoms with van der Waals surface area (Å²) in [6.45, 7) is 4.55. The van der Waals surface area contributed by atoms with Gasteiger partial charge in [-0.3, -0.25) is 14.4 Å². The third kappa shape index (κ3) is 6.77. The van der Waals surface area contributed by atoms with Gasteiger partial charge in [-0.1, -0.05) is 19.9 Å². The van der Waals surface area contributed by atoms with Gasteiger partial charge in [0.15, 0.2) is 0 Å². The van der Waals surface area contributed by atoms with Gasteiger partial charge >= 0.3 is 5.97 Å². The Balaban J connectivity index is 1.71. The van der Waals surface area contributed by atoms with Crippen LogP contribution in [-0.4, -0.2) is 61.5 Å². The molecule has 36 heavy (non-hydrogen) atoms. The second-order valence-electron chi connectivity index (χ2n) is 9.55. The summed E-state index contributed by atoms with van der Waals surface area (Å²) in [6.07, 6.45) is 2.72. The van der Waals surface area contributed by atoms with E-state index in [0.29, 0.717) is 30.8 Å². The summed E-state index contributed by atoms with van der Waals surface area (Å²) in [5.74, 6) is -1.00. The Hall–Kier alpha value is -3.56. The summed E-state index contributed by atoms with van der Waals surface area (Å²) >= 11 is 0. The minimum absolute atomic E-state index is 0.0314. The monoisotopic (exact) mass is 500 g/mol. The molecule has 1 aromatic carbocycles. The number of esters is 1. The van der Waals surface area contributed by atoms with E-state index in [9.17, 15) is 19.2 Å². The number of amides is 3. The molecule has 2 aromatic rings. The first kappa shape index (κ1) is 27.0. The number of hydrogen-bond donors (Lipinski definition) is 4. The molecule has 4 N–H and O–H groups in total. The lowest BCUT2D eigenvalue weighted by Gasteiger charge is -2.25. The van der Waals surface area contributed by atoms with Crippen molar-refractivity contribution in [1.29, 1.82) is 0 Å². The number of aromatic amines is 1. The summed E-state index contributed by atoms with van der Waals surface area (Å²) in [6, 6.07) is 5.35. The molecule has 0 radical (unpaired) electrons. The van der Waals surface area contributed by atoms with E-state index in [1.165, 1.54) is 7.11 Å². The Kier molecular flexibility index (Phi) is 9.32. The third-order valence-electron chi connectivity index (χ3n) is 6.42. The van der Waals surface area contributed by atoms with Crippen LogP contribution in [0.1, 0.15) is 56.4 Å². The molecular formula is C26H36N4O6. The van der Waals surface area contributed by atoms with Crippen LogP contribution in [0.25, 0.3) is 10.9 Å². The number of aromatic nitrogens is 1. The van der Waals surface area contributed by atoms with Crippen molar-refractivity contribution in [2.45, 2.75) is 58.0 Å². The van der Waals surface area contributed by atoms with Crippen LogP contribution in [0, 0.1) is 11.8 Å². The molecule has 0 spiro atoms. The van der Waals surface area contributed by atoms with Crippen LogP contribution >= 0.6 is 0 Å². The number of H-pyrrole nitrogens is 1. The highest BCUT2D eigenvalue weighted by molar-refractivity contribution is 6.01. The van der Waals surface area contributed by atoms with Crippen LogP contribution in [0.3, 0.4) is 0 Å². The SMILES string of the molecule is COC(=O)[C@H](CC[C@@H]1CCCNC1=O)NC(=O)[C@H](CC(C)C)NC(=O)c1cc2c(OC)cccc2[nH]1. The topological polar surface area (TPSA) is 139 Å². The molecule has 1 aliphatic heterocycles. The number of hydrogen-bond acceptors (Lipinski definition) is 6. The number of fused-ring (bicyclic) bond motifs is 1. The molecule has 3 amide bonds. The lowest BCUT2D eigenvalue weighted by atomic mass is 9.92. The van der Waals surface area contributed by atoms with Gasteiger partial charge in [0, 0.05) is 23.4 Å². The molecule has 1 aromatic heterocycles. The quantitative estimate of drug-likeness (QED) is 0.349. The van der Waals surface area contributed by atoms with Gasteiger partial charge in [0.25, 0.3) is 5.91 Å². The van der Waals surface area contributed by atoms with Crippen LogP contribution in [0.15, 0.2) is 24.3 Å². The summed E-state index contributed by atoms with van der Waals surface area (Å²) in [7, 11) is 2.81. The van der Waals surface area contributed by atoms with E-state index in [0.717, 1.165) is 23.7 Å². The molecule has 0 unspecified atom stereocenters. The number of ether oxygens (including phenoxy) is 2. The van der Waals surface area contributed by atoms with E-state index < -0.39 is 29.9 Å². The summed E-state index contributed by atoms with van der Waals surface area (Å²) < 4.78 is 10.2. The van der Waals surface area contributed by atoms with Crippen molar-refractivity contribution in [2.75, 3.05) is 20.8 Å². The molecule has 3 rings (SSSR count). The zero-order valence-corrected chi connectivity index (χ0v) is 21.3. The van der Waals surface area contributed by atoms with Gasteiger partial charge in [-0.2, -0.15) is 0 Å². The van der Waals surface area contributed by atoms with E-state index in [1.807, 2.05) is 26.0 Å². The molecule has 10 heteroatoms. The minimum atomic E-state index is -0.916. The first-order valence-corrected chi connectivity index (χ1v) is 12.4. The third-order valence-corrected chi connectivity index (χ3v) is 6.42. The van der Waals surface area contributed by atoms with Gasteiger partial charge in [-0.15, -0.1) is 0 Å². The summed E-state index contributed by atoms with van der Waals surface area (Å²) in [5, 5.41) is 9.13. The highest BCUT2D eigenvalue weighted by Crippen LogP contribution is 2.26. The van der Waals surface area contributed by atoms with Crippen molar-refractivity contribution in [3.05, 3.63) is 30.0 Å². The van der Waals surface area contributed by atoms with E-state index >= 15 is 0 Å². The lowest BCUT2D eigenvalue weighted by Crippen LogP contribution is -2.52. The molecule has 10 nitrogen and oxygen atoms in total. The van der Waals surface area contributed by atoms with E-state index in [2.05, 4.69) is 20.9 Å². The van der Waals surface area contributed by atoms with Crippen LogP contribution in [0.5, 0.6) is 5.75 Å². The highest BCUT2D eigenvalue weighted by Gasteiger charge is 2.30. The zero-order chi connectivity index (χ0) is 26.2. The first-order valence-electron chi connectivity index (χ1n) is 12.4. The predicted octanol–water partition coefficient (Wildman–Crippen LogP) is 2.29. The summed E-state index contributed by atoms with van der Waals surface area (Å²) in [4.78, 5) is 53.8. The number of rotatable bonds is 11. The molecule has 0 bridgehead atoms. The number of nitrogens with one attached hydrogen (secondary N) is 4. The van der Waals surface area contributed by atoms with Crippen molar-refractivity contribution in [3.63, 3.8) is 0 Å². The predicted molar refractivity (Wildman–Crippen MR) is 134 cm³/mol. The Morgan fingerprint density at radius 3 is 2.58 bits per heavy atom. The first-order chi connectivity index (χ1) is 17.2.